The molecule has 0 N–H and O–H groups in total. The first-order valence-electron chi connectivity index (χ1n) is 18.3. The molecule has 280 valence electrons. The van der Waals surface area contributed by atoms with Gasteiger partial charge in [0.1, 0.15) is 11.4 Å². The van der Waals surface area contributed by atoms with Crippen LogP contribution in [0.1, 0.15) is 143 Å². The molecule has 4 rings (SSSR count). The fraction of sp³-hybridized carbons (Fsp3) is 0.489. The molecular formula is C47H80OS. The molecule has 0 radical (unpaired) electrons. The van der Waals surface area contributed by atoms with E-state index in [2.05, 4.69) is 127 Å². The van der Waals surface area contributed by atoms with Gasteiger partial charge in [0.05, 0.1) is 0 Å². The van der Waals surface area contributed by atoms with E-state index in [1.807, 2.05) is 130 Å². The van der Waals surface area contributed by atoms with Crippen LogP contribution < -0.4 is 4.74 Å². The second-order valence-corrected chi connectivity index (χ2v) is 14.4. The minimum Gasteiger partial charge on any atom is -0.488 e. The molecule has 0 aliphatic heterocycles. The largest absolute Gasteiger partial charge is 0.488 e. The van der Waals surface area contributed by atoms with Crippen LogP contribution in [-0.2, 0) is 11.8 Å². The molecule has 2 heteroatoms. The van der Waals surface area contributed by atoms with Gasteiger partial charge in [-0.3, -0.25) is 0 Å². The molecule has 4 aromatic carbocycles. The van der Waals surface area contributed by atoms with Crippen LogP contribution in [0.4, 0.5) is 0 Å². The molecule has 0 bridgehead atoms. The lowest BCUT2D eigenvalue weighted by molar-refractivity contribution is 0.131. The van der Waals surface area contributed by atoms with Crippen LogP contribution >= 0.6 is 11.8 Å². The zero-order chi connectivity index (χ0) is 38.1. The van der Waals surface area contributed by atoms with Gasteiger partial charge in [-0.1, -0.05) is 208 Å². The fourth-order valence-electron chi connectivity index (χ4n) is 3.34. The Bertz CT molecular complexity index is 1080. The molecule has 4 aromatic rings. The number of rotatable bonds is 3. The van der Waals surface area contributed by atoms with Crippen molar-refractivity contribution < 1.29 is 4.74 Å². The predicted octanol–water partition coefficient (Wildman–Crippen LogP) is 16.4. The van der Waals surface area contributed by atoms with Crippen molar-refractivity contribution in [2.75, 3.05) is 0 Å². The maximum atomic E-state index is 5.60. The molecule has 1 nitrogen and oxygen atoms in total. The zero-order valence-corrected chi connectivity index (χ0v) is 35.4. The van der Waals surface area contributed by atoms with Crippen molar-refractivity contribution in [3.05, 3.63) is 132 Å². The van der Waals surface area contributed by atoms with Crippen molar-refractivity contribution in [3.8, 4) is 5.75 Å². The quantitative estimate of drug-likeness (QED) is 0.198. The first kappa shape index (κ1) is 55.4. The second kappa shape index (κ2) is 34.9. The summed E-state index contributed by atoms with van der Waals surface area (Å²) in [5, 5.41) is 0. The van der Waals surface area contributed by atoms with Gasteiger partial charge in [0.15, 0.2) is 0 Å². The molecule has 0 saturated heterocycles. The summed E-state index contributed by atoms with van der Waals surface area (Å²) in [6.07, 6.45) is 1.14. The van der Waals surface area contributed by atoms with E-state index in [0.29, 0.717) is 10.2 Å². The highest BCUT2D eigenvalue weighted by Gasteiger charge is 2.12. The summed E-state index contributed by atoms with van der Waals surface area (Å²) in [6, 6.07) is 41.4. The summed E-state index contributed by atoms with van der Waals surface area (Å²) in [6.45, 7) is 37.6. The van der Waals surface area contributed by atoms with E-state index in [-0.39, 0.29) is 13.0 Å². The second-order valence-electron chi connectivity index (χ2n) is 12.5. The number of para-hydroxylation sites is 1. The Morgan fingerprint density at radius 3 is 1.06 bits per heavy atom. The number of hydrogen-bond acceptors (Lipinski definition) is 2. The van der Waals surface area contributed by atoms with Crippen molar-refractivity contribution in [1.29, 1.82) is 0 Å². The van der Waals surface area contributed by atoms with E-state index in [9.17, 15) is 0 Å². The van der Waals surface area contributed by atoms with Crippen LogP contribution in [0.15, 0.2) is 126 Å². The lowest BCUT2D eigenvalue weighted by Gasteiger charge is -2.20. The summed E-state index contributed by atoms with van der Waals surface area (Å²) >= 11 is 1.90. The van der Waals surface area contributed by atoms with Crippen molar-refractivity contribution in [1.82, 2.24) is 0 Å². The first-order valence-corrected chi connectivity index (χ1v) is 19.1. The molecule has 0 heterocycles. The van der Waals surface area contributed by atoms with Crippen LogP contribution in [-0.4, -0.2) is 10.3 Å². The maximum Gasteiger partial charge on any atom is 0.120 e. The van der Waals surface area contributed by atoms with Crippen LogP contribution in [0, 0.1) is 0 Å². The Hall–Kier alpha value is -2.97. The molecule has 0 atom stereocenters. The van der Waals surface area contributed by atoms with E-state index >= 15 is 0 Å². The Labute approximate surface area is 312 Å². The molecule has 0 aliphatic rings. The summed E-state index contributed by atoms with van der Waals surface area (Å²) in [5.41, 5.74) is 3.00. The predicted molar refractivity (Wildman–Crippen MR) is 232 cm³/mol. The number of hydrogen-bond donors (Lipinski definition) is 0. The summed E-state index contributed by atoms with van der Waals surface area (Å²) in [7, 11) is 0. The highest BCUT2D eigenvalue weighted by molar-refractivity contribution is 8.00. The smallest absolute Gasteiger partial charge is 0.120 e. The first-order chi connectivity index (χ1) is 22.7. The molecule has 0 saturated carbocycles. The van der Waals surface area contributed by atoms with Gasteiger partial charge >= 0.3 is 0 Å². The highest BCUT2D eigenvalue weighted by atomic mass is 32.2. The lowest BCUT2D eigenvalue weighted by Crippen LogP contribution is -2.22. The number of ether oxygens (including phenoxy) is 1. The highest BCUT2D eigenvalue weighted by Crippen LogP contribution is 2.31. The molecule has 49 heavy (non-hydrogen) atoms. The van der Waals surface area contributed by atoms with Crippen molar-refractivity contribution in [3.63, 3.8) is 0 Å². The van der Waals surface area contributed by atoms with Crippen LogP contribution in [0.2, 0.25) is 0 Å². The summed E-state index contributed by atoms with van der Waals surface area (Å²) < 4.78 is 5.92. The fourth-order valence-corrected chi connectivity index (χ4v) is 4.34. The van der Waals surface area contributed by atoms with Crippen molar-refractivity contribution >= 4 is 11.8 Å². The van der Waals surface area contributed by atoms with Crippen LogP contribution in [0.5, 0.6) is 5.75 Å². The minimum absolute atomic E-state index is 0. The Kier molecular flexibility index (Phi) is 39.5. The molecule has 0 aliphatic carbocycles. The van der Waals surface area contributed by atoms with Gasteiger partial charge in [-0.2, -0.15) is 0 Å². The van der Waals surface area contributed by atoms with E-state index in [1.165, 1.54) is 16.0 Å². The number of benzene rings is 4. The van der Waals surface area contributed by atoms with Gasteiger partial charge in [-0.25, -0.2) is 0 Å². The van der Waals surface area contributed by atoms with Gasteiger partial charge in [0, 0.05) is 9.64 Å². The van der Waals surface area contributed by atoms with Crippen molar-refractivity contribution in [2.24, 2.45) is 0 Å². The van der Waals surface area contributed by atoms with E-state index in [1.54, 1.807) is 0 Å². The molecule has 0 aromatic heterocycles. The molecule has 0 amide bonds. The Balaban J connectivity index is -0.000000164. The molecule has 0 unspecified atom stereocenters. The average molecular weight is 693 g/mol. The third-order valence-corrected chi connectivity index (χ3v) is 6.35. The van der Waals surface area contributed by atoms with E-state index < -0.39 is 0 Å². The van der Waals surface area contributed by atoms with Crippen LogP contribution in [0.25, 0.3) is 0 Å². The van der Waals surface area contributed by atoms with Gasteiger partial charge in [-0.15, -0.1) is 11.8 Å². The van der Waals surface area contributed by atoms with Crippen LogP contribution in [0.3, 0.4) is 0 Å². The topological polar surface area (TPSA) is 9.23 Å². The SMILES string of the molecule is C.CC.CC.CC.CC.CC(C)(C)Oc1ccccc1.CC(C)(C)Sc1ccccc1.CC(C)(C)c1ccccc1.CCc1ccccc1. The Morgan fingerprint density at radius 1 is 0.469 bits per heavy atom. The Morgan fingerprint density at radius 2 is 0.796 bits per heavy atom. The zero-order valence-electron chi connectivity index (χ0n) is 34.6. The standard InChI is InChI=1S/C10H14O.C10H14S.C10H14.C8H10.4C2H6.CH4/c2*1-10(2,3)11-9-7-5-4-6-8-9;1-10(2,3)9-7-5-4-6-8-9;1-2-8-6-4-3-5-7-8;4*1-2;/h2*4-8H,1-3H3;4-8H,1-3H3;3-7H,2H2,1H3;4*1-2H3;1H4. The maximum absolute atomic E-state index is 5.60. The third kappa shape index (κ3) is 37.7. The molecular weight excluding hydrogens is 613 g/mol. The lowest BCUT2D eigenvalue weighted by atomic mass is 9.87. The number of thioether (sulfide) groups is 1. The minimum atomic E-state index is -0.0959. The normalized spacial score (nSPS) is 9.43. The van der Waals surface area contributed by atoms with Gasteiger partial charge < -0.3 is 4.74 Å². The summed E-state index contributed by atoms with van der Waals surface area (Å²) in [5.74, 6) is 0.931. The van der Waals surface area contributed by atoms with Gasteiger partial charge in [-0.05, 0) is 68.0 Å². The van der Waals surface area contributed by atoms with Gasteiger partial charge in [0.2, 0.25) is 0 Å². The monoisotopic (exact) mass is 693 g/mol. The number of aryl methyl sites for hydroxylation is 1. The molecule has 0 fully saturated rings. The third-order valence-electron chi connectivity index (χ3n) is 5.23. The van der Waals surface area contributed by atoms with Gasteiger partial charge in [0.25, 0.3) is 0 Å². The van der Waals surface area contributed by atoms with E-state index in [0.717, 1.165) is 12.2 Å². The van der Waals surface area contributed by atoms with Crippen molar-refractivity contribution in [2.45, 2.75) is 159 Å². The molecule has 0 spiro atoms. The summed E-state index contributed by atoms with van der Waals surface area (Å²) in [4.78, 5) is 1.35. The average Bonchev–Trinajstić information content (AvgIpc) is 3.09. The van der Waals surface area contributed by atoms with E-state index in [4.69, 9.17) is 4.74 Å².